The molecule has 3 nitrogen and oxygen atoms in total. The van der Waals surface area contributed by atoms with Gasteiger partial charge >= 0.3 is 0 Å². The summed E-state index contributed by atoms with van der Waals surface area (Å²) in [6.07, 6.45) is -0.608. The molecule has 88 valence electrons. The Kier molecular flexibility index (Phi) is 4.50. The molecule has 0 aliphatic rings. The fourth-order valence-electron chi connectivity index (χ4n) is 1.51. The minimum absolute atomic E-state index is 0.0801. The molecular weight excluding hydrogens is 202 g/mol. The van der Waals surface area contributed by atoms with Crippen molar-refractivity contribution in [3.8, 4) is 0 Å². The number of rotatable bonds is 4. The van der Waals surface area contributed by atoms with Crippen LogP contribution >= 0.6 is 0 Å². The Bertz CT molecular complexity index is 335. The van der Waals surface area contributed by atoms with Crippen molar-refractivity contribution < 1.29 is 9.90 Å². The van der Waals surface area contributed by atoms with E-state index in [-0.39, 0.29) is 11.8 Å². The lowest BCUT2D eigenvalue weighted by Gasteiger charge is -2.21. The summed E-state index contributed by atoms with van der Waals surface area (Å²) in [4.78, 5) is 11.8. The first-order chi connectivity index (χ1) is 7.52. The Hall–Kier alpha value is -1.35. The number of carbonyl (C=O) groups excluding carboxylic acids is 1. The second-order valence-corrected chi connectivity index (χ2v) is 4.38. The molecular formula is C13H19NO2. The highest BCUT2D eigenvalue weighted by atomic mass is 16.3. The molecule has 0 spiro atoms. The number of hydrogen-bond acceptors (Lipinski definition) is 2. The number of carbonyl (C=O) groups is 1. The molecule has 16 heavy (non-hydrogen) atoms. The first kappa shape index (κ1) is 12.7. The van der Waals surface area contributed by atoms with Gasteiger partial charge in [0.05, 0.1) is 12.0 Å². The van der Waals surface area contributed by atoms with Crippen LogP contribution in [0.5, 0.6) is 0 Å². The zero-order chi connectivity index (χ0) is 12.1. The molecule has 0 bridgehead atoms. The number of nitrogens with one attached hydrogen (secondary N) is 1. The van der Waals surface area contributed by atoms with E-state index in [1.807, 2.05) is 44.2 Å². The summed E-state index contributed by atoms with van der Waals surface area (Å²) in [5.74, 6) is -0.468. The van der Waals surface area contributed by atoms with E-state index in [9.17, 15) is 9.90 Å². The molecule has 0 aliphatic carbocycles. The monoisotopic (exact) mass is 221 g/mol. The van der Waals surface area contributed by atoms with Gasteiger partial charge in [0, 0.05) is 5.69 Å². The van der Waals surface area contributed by atoms with Crippen molar-refractivity contribution in [3.05, 3.63) is 30.3 Å². The van der Waals surface area contributed by atoms with E-state index < -0.39 is 12.0 Å². The van der Waals surface area contributed by atoms with Crippen LogP contribution in [0.15, 0.2) is 30.3 Å². The van der Waals surface area contributed by atoms with Gasteiger partial charge in [0.15, 0.2) is 0 Å². The number of aliphatic hydroxyl groups is 1. The van der Waals surface area contributed by atoms with Gasteiger partial charge in [-0.1, -0.05) is 39.0 Å². The average Bonchev–Trinajstić information content (AvgIpc) is 2.28. The minimum Gasteiger partial charge on any atom is -0.392 e. The van der Waals surface area contributed by atoms with E-state index in [1.54, 1.807) is 6.92 Å². The quantitative estimate of drug-likeness (QED) is 0.819. The molecule has 0 heterocycles. The molecule has 0 unspecified atom stereocenters. The van der Waals surface area contributed by atoms with Crippen LogP contribution < -0.4 is 5.32 Å². The first-order valence-corrected chi connectivity index (χ1v) is 5.56. The van der Waals surface area contributed by atoms with Gasteiger partial charge in [-0.05, 0) is 18.1 Å². The molecule has 1 aromatic carbocycles. The maximum atomic E-state index is 11.8. The van der Waals surface area contributed by atoms with Crippen LogP contribution in [0.4, 0.5) is 5.69 Å². The lowest BCUT2D eigenvalue weighted by atomic mass is 9.94. The Morgan fingerprint density at radius 2 is 1.75 bits per heavy atom. The van der Waals surface area contributed by atoms with Crippen molar-refractivity contribution in [2.24, 2.45) is 11.8 Å². The van der Waals surface area contributed by atoms with Crippen molar-refractivity contribution in [1.29, 1.82) is 0 Å². The summed E-state index contributed by atoms with van der Waals surface area (Å²) in [5, 5.41) is 12.6. The summed E-state index contributed by atoms with van der Waals surface area (Å²) >= 11 is 0. The standard InChI is InChI=1S/C13H19NO2/c1-9(2)12(15)10(3)13(16)14-11-7-5-4-6-8-11/h4-10,12,15H,1-3H3,(H,14,16)/t10-,12-/m1/s1. The molecule has 2 atom stereocenters. The molecule has 0 radical (unpaired) electrons. The second kappa shape index (κ2) is 5.66. The zero-order valence-electron chi connectivity index (χ0n) is 9.97. The molecule has 1 amide bonds. The lowest BCUT2D eigenvalue weighted by molar-refractivity contribution is -0.123. The van der Waals surface area contributed by atoms with E-state index in [0.29, 0.717) is 0 Å². The summed E-state index contributed by atoms with van der Waals surface area (Å²) in [6.45, 7) is 5.54. The number of hydrogen-bond donors (Lipinski definition) is 2. The second-order valence-electron chi connectivity index (χ2n) is 4.38. The van der Waals surface area contributed by atoms with Gasteiger partial charge < -0.3 is 10.4 Å². The van der Waals surface area contributed by atoms with Crippen LogP contribution in [-0.2, 0) is 4.79 Å². The number of benzene rings is 1. The van der Waals surface area contributed by atoms with Crippen LogP contribution in [0, 0.1) is 11.8 Å². The smallest absolute Gasteiger partial charge is 0.229 e. The highest BCUT2D eigenvalue weighted by Crippen LogP contribution is 2.15. The first-order valence-electron chi connectivity index (χ1n) is 5.56. The SMILES string of the molecule is CC(C)[C@@H](O)[C@@H](C)C(=O)Nc1ccccc1. The summed E-state index contributed by atoms with van der Waals surface area (Å²) in [7, 11) is 0. The molecule has 0 aliphatic heterocycles. The Morgan fingerprint density at radius 1 is 1.19 bits per heavy atom. The molecule has 3 heteroatoms. The predicted octanol–water partition coefficient (Wildman–Crippen LogP) is 2.28. The Balaban J connectivity index is 2.59. The number of amides is 1. The molecule has 0 saturated carbocycles. The molecule has 1 rings (SSSR count). The highest BCUT2D eigenvalue weighted by Gasteiger charge is 2.24. The van der Waals surface area contributed by atoms with Gasteiger partial charge in [-0.2, -0.15) is 0 Å². The summed E-state index contributed by atoms with van der Waals surface area (Å²) in [6, 6.07) is 9.26. The van der Waals surface area contributed by atoms with Gasteiger partial charge in [0.1, 0.15) is 0 Å². The van der Waals surface area contributed by atoms with Crippen LogP contribution in [0.1, 0.15) is 20.8 Å². The van der Waals surface area contributed by atoms with Crippen LogP contribution in [0.2, 0.25) is 0 Å². The van der Waals surface area contributed by atoms with Crippen molar-refractivity contribution in [1.82, 2.24) is 0 Å². The largest absolute Gasteiger partial charge is 0.392 e. The third-order valence-corrected chi connectivity index (χ3v) is 2.65. The third kappa shape index (κ3) is 3.35. The Labute approximate surface area is 96.5 Å². The van der Waals surface area contributed by atoms with Crippen LogP contribution in [-0.4, -0.2) is 17.1 Å². The fourth-order valence-corrected chi connectivity index (χ4v) is 1.51. The van der Waals surface area contributed by atoms with Gasteiger partial charge in [0.25, 0.3) is 0 Å². The fraction of sp³-hybridized carbons (Fsp3) is 0.462. The highest BCUT2D eigenvalue weighted by molar-refractivity contribution is 5.92. The lowest BCUT2D eigenvalue weighted by Crippen LogP contribution is -2.33. The van der Waals surface area contributed by atoms with E-state index in [1.165, 1.54) is 0 Å². The average molecular weight is 221 g/mol. The van der Waals surface area contributed by atoms with Crippen molar-refractivity contribution in [2.45, 2.75) is 26.9 Å². The minimum atomic E-state index is -0.608. The number of para-hydroxylation sites is 1. The molecule has 0 fully saturated rings. The van der Waals surface area contributed by atoms with Gasteiger partial charge in [-0.25, -0.2) is 0 Å². The molecule has 0 aromatic heterocycles. The van der Waals surface area contributed by atoms with Crippen molar-refractivity contribution >= 4 is 11.6 Å². The van der Waals surface area contributed by atoms with E-state index in [2.05, 4.69) is 5.32 Å². The molecule has 1 aromatic rings. The summed E-state index contributed by atoms with van der Waals surface area (Å²) < 4.78 is 0. The molecule has 0 saturated heterocycles. The third-order valence-electron chi connectivity index (χ3n) is 2.65. The predicted molar refractivity (Wildman–Crippen MR) is 65.1 cm³/mol. The molecule has 2 N–H and O–H groups in total. The number of anilines is 1. The normalized spacial score (nSPS) is 14.6. The van der Waals surface area contributed by atoms with Gasteiger partial charge in [-0.15, -0.1) is 0 Å². The van der Waals surface area contributed by atoms with E-state index in [0.717, 1.165) is 5.69 Å². The topological polar surface area (TPSA) is 49.3 Å². The Morgan fingerprint density at radius 3 is 2.25 bits per heavy atom. The van der Waals surface area contributed by atoms with Crippen LogP contribution in [0.25, 0.3) is 0 Å². The van der Waals surface area contributed by atoms with Gasteiger partial charge in [-0.3, -0.25) is 4.79 Å². The number of aliphatic hydroxyl groups excluding tert-OH is 1. The van der Waals surface area contributed by atoms with Crippen LogP contribution in [0.3, 0.4) is 0 Å². The van der Waals surface area contributed by atoms with E-state index in [4.69, 9.17) is 0 Å². The van der Waals surface area contributed by atoms with Crippen molar-refractivity contribution in [2.75, 3.05) is 5.32 Å². The zero-order valence-corrected chi connectivity index (χ0v) is 9.97. The van der Waals surface area contributed by atoms with Gasteiger partial charge in [0.2, 0.25) is 5.91 Å². The van der Waals surface area contributed by atoms with Crippen molar-refractivity contribution in [3.63, 3.8) is 0 Å². The maximum absolute atomic E-state index is 11.8. The van der Waals surface area contributed by atoms with E-state index >= 15 is 0 Å². The maximum Gasteiger partial charge on any atom is 0.229 e. The summed E-state index contributed by atoms with van der Waals surface area (Å²) in [5.41, 5.74) is 0.760.